The summed E-state index contributed by atoms with van der Waals surface area (Å²) < 4.78 is 0. The maximum atomic E-state index is 12.6. The molecule has 0 unspecified atom stereocenters. The summed E-state index contributed by atoms with van der Waals surface area (Å²) in [4.78, 5) is 51.4. The summed E-state index contributed by atoms with van der Waals surface area (Å²) in [6.07, 6.45) is 4.44. The Kier molecular flexibility index (Phi) is 8.53. The van der Waals surface area contributed by atoms with E-state index in [2.05, 4.69) is 25.4 Å². The van der Waals surface area contributed by atoms with Gasteiger partial charge in [-0.3, -0.25) is 19.5 Å². The number of piperazine rings is 3. The van der Waals surface area contributed by atoms with Crippen LogP contribution in [0.15, 0.2) is 24.5 Å². The minimum Gasteiger partial charge on any atom is -0.369 e. The first-order valence-electron chi connectivity index (χ1n) is 12.3. The molecule has 0 atom stereocenters. The van der Waals surface area contributed by atoms with Gasteiger partial charge in [-0.2, -0.15) is 0 Å². The lowest BCUT2D eigenvalue weighted by molar-refractivity contribution is -0.146. The van der Waals surface area contributed by atoms with Crippen LogP contribution in [0.2, 0.25) is 0 Å². The van der Waals surface area contributed by atoms with Crippen molar-refractivity contribution in [2.45, 2.75) is 6.42 Å². The van der Waals surface area contributed by atoms with Crippen molar-refractivity contribution in [1.82, 2.24) is 35.2 Å². The van der Waals surface area contributed by atoms with Crippen molar-refractivity contribution in [2.24, 2.45) is 0 Å². The number of rotatable bonds is 5. The summed E-state index contributed by atoms with van der Waals surface area (Å²) >= 11 is 0. The Bertz CT molecular complexity index is 817. The van der Waals surface area contributed by atoms with Gasteiger partial charge in [-0.15, -0.1) is 0 Å². The highest BCUT2D eigenvalue weighted by Gasteiger charge is 2.30. The Morgan fingerprint density at radius 3 is 2.12 bits per heavy atom. The van der Waals surface area contributed by atoms with Gasteiger partial charge in [-0.05, 0) is 25.1 Å². The van der Waals surface area contributed by atoms with Crippen LogP contribution in [0, 0.1) is 0 Å². The van der Waals surface area contributed by atoms with Gasteiger partial charge in [0.15, 0.2) is 0 Å². The molecule has 11 nitrogen and oxygen atoms in total. The average molecular weight is 473 g/mol. The minimum atomic E-state index is -0.551. The lowest BCUT2D eigenvalue weighted by Gasteiger charge is -2.38. The van der Waals surface area contributed by atoms with Crippen molar-refractivity contribution in [3.63, 3.8) is 0 Å². The summed E-state index contributed by atoms with van der Waals surface area (Å²) in [5.74, 6) is -1.05. The number of hydrogen-bond acceptors (Lipinski definition) is 7. The smallest absolute Gasteiger partial charge is 0.320 e. The lowest BCUT2D eigenvalue weighted by Crippen LogP contribution is -2.58. The molecule has 0 aliphatic carbocycles. The van der Waals surface area contributed by atoms with Gasteiger partial charge in [-0.1, -0.05) is 0 Å². The van der Waals surface area contributed by atoms with Crippen LogP contribution in [0.4, 0.5) is 10.5 Å². The van der Waals surface area contributed by atoms with E-state index in [4.69, 9.17) is 0 Å². The predicted molar refractivity (Wildman–Crippen MR) is 129 cm³/mol. The zero-order valence-corrected chi connectivity index (χ0v) is 19.8. The molecule has 4 rings (SSSR count). The highest BCUT2D eigenvalue weighted by molar-refractivity contribution is 6.35. The molecule has 0 aromatic carbocycles. The number of carbonyl (C=O) groups is 3. The molecule has 11 heteroatoms. The van der Waals surface area contributed by atoms with E-state index in [1.807, 2.05) is 29.4 Å². The van der Waals surface area contributed by atoms with Crippen LogP contribution in [0.1, 0.15) is 6.42 Å². The molecule has 186 valence electrons. The van der Waals surface area contributed by atoms with E-state index < -0.39 is 11.8 Å². The van der Waals surface area contributed by atoms with Gasteiger partial charge in [0, 0.05) is 103 Å². The number of amides is 4. The van der Waals surface area contributed by atoms with Crippen molar-refractivity contribution in [3.8, 4) is 0 Å². The SMILES string of the molecule is O=C(NCCCN1CCN(c2ccncc2)CC1)C(=O)N1CCN(C(=O)N2CCNCC2)CC1. The Balaban J connectivity index is 1.09. The number of carbonyl (C=O) groups excluding carboxylic acids is 3. The van der Waals surface area contributed by atoms with Crippen LogP contribution in [-0.2, 0) is 9.59 Å². The largest absolute Gasteiger partial charge is 0.369 e. The number of pyridine rings is 1. The highest BCUT2D eigenvalue weighted by atomic mass is 16.2. The van der Waals surface area contributed by atoms with Gasteiger partial charge >= 0.3 is 17.8 Å². The first-order valence-corrected chi connectivity index (χ1v) is 12.3. The molecule has 3 saturated heterocycles. The molecule has 34 heavy (non-hydrogen) atoms. The van der Waals surface area contributed by atoms with Crippen molar-refractivity contribution in [2.75, 3.05) is 96.5 Å². The van der Waals surface area contributed by atoms with E-state index in [-0.39, 0.29) is 6.03 Å². The Morgan fingerprint density at radius 2 is 1.44 bits per heavy atom. The molecule has 4 amide bonds. The van der Waals surface area contributed by atoms with Crippen molar-refractivity contribution >= 4 is 23.5 Å². The van der Waals surface area contributed by atoms with E-state index in [0.717, 1.165) is 52.2 Å². The molecule has 1 aromatic heterocycles. The van der Waals surface area contributed by atoms with Gasteiger partial charge < -0.3 is 30.2 Å². The van der Waals surface area contributed by atoms with E-state index in [9.17, 15) is 14.4 Å². The zero-order chi connectivity index (χ0) is 23.8. The molecule has 2 N–H and O–H groups in total. The number of nitrogens with one attached hydrogen (secondary N) is 2. The maximum absolute atomic E-state index is 12.6. The van der Waals surface area contributed by atoms with Gasteiger partial charge in [0.2, 0.25) is 0 Å². The Morgan fingerprint density at radius 1 is 0.824 bits per heavy atom. The van der Waals surface area contributed by atoms with Crippen LogP contribution in [0.3, 0.4) is 0 Å². The third-order valence-electron chi connectivity index (χ3n) is 6.76. The van der Waals surface area contributed by atoms with Gasteiger partial charge in [0.1, 0.15) is 0 Å². The van der Waals surface area contributed by atoms with Gasteiger partial charge in [0.05, 0.1) is 0 Å². The van der Waals surface area contributed by atoms with Crippen LogP contribution >= 0.6 is 0 Å². The normalized spacial score (nSPS) is 19.8. The first-order chi connectivity index (χ1) is 16.6. The quantitative estimate of drug-likeness (QED) is 0.413. The topological polar surface area (TPSA) is 104 Å². The number of urea groups is 1. The average Bonchev–Trinajstić information content (AvgIpc) is 2.91. The second-order valence-corrected chi connectivity index (χ2v) is 8.94. The van der Waals surface area contributed by atoms with Crippen molar-refractivity contribution in [1.29, 1.82) is 0 Å². The molecule has 3 aliphatic rings. The summed E-state index contributed by atoms with van der Waals surface area (Å²) in [5, 5.41) is 6.01. The van der Waals surface area contributed by atoms with Crippen molar-refractivity contribution < 1.29 is 14.4 Å². The standard InChI is InChI=1S/C23H36N8O3/c32-21(22(33)29-16-18-31(19-17-29)23(34)30-10-7-25-8-11-30)26-4-1-9-27-12-14-28(15-13-27)20-2-5-24-6-3-20/h2-3,5-6,25H,1,4,7-19H2,(H,26,32). The molecule has 1 aromatic rings. The van der Waals surface area contributed by atoms with Crippen LogP contribution < -0.4 is 15.5 Å². The van der Waals surface area contributed by atoms with Gasteiger partial charge in [-0.25, -0.2) is 4.79 Å². The lowest BCUT2D eigenvalue weighted by atomic mass is 10.2. The third-order valence-corrected chi connectivity index (χ3v) is 6.76. The maximum Gasteiger partial charge on any atom is 0.320 e. The fraction of sp³-hybridized carbons (Fsp3) is 0.652. The second kappa shape index (κ2) is 12.0. The molecule has 3 aliphatic heterocycles. The first kappa shape index (κ1) is 24.2. The van der Waals surface area contributed by atoms with Crippen LogP contribution in [0.25, 0.3) is 0 Å². The second-order valence-electron chi connectivity index (χ2n) is 8.94. The summed E-state index contributed by atoms with van der Waals surface area (Å²) in [6, 6.07) is 4.10. The van der Waals surface area contributed by atoms with Crippen molar-refractivity contribution in [3.05, 3.63) is 24.5 Å². The fourth-order valence-electron chi connectivity index (χ4n) is 4.67. The number of hydrogen-bond donors (Lipinski definition) is 2. The molecular formula is C23H36N8O3. The Hall–Kier alpha value is -2.92. The molecule has 3 fully saturated rings. The number of nitrogens with zero attached hydrogens (tertiary/aromatic N) is 6. The predicted octanol–water partition coefficient (Wildman–Crippen LogP) is -1.12. The molecule has 0 radical (unpaired) electrons. The number of anilines is 1. The van der Waals surface area contributed by atoms with Crippen LogP contribution in [-0.4, -0.2) is 134 Å². The minimum absolute atomic E-state index is 0.0275. The summed E-state index contributed by atoms with van der Waals surface area (Å²) in [7, 11) is 0. The summed E-state index contributed by atoms with van der Waals surface area (Å²) in [5.41, 5.74) is 1.20. The molecule has 4 heterocycles. The van der Waals surface area contributed by atoms with E-state index in [0.29, 0.717) is 45.8 Å². The fourth-order valence-corrected chi connectivity index (χ4v) is 4.67. The van der Waals surface area contributed by atoms with Crippen LogP contribution in [0.5, 0.6) is 0 Å². The zero-order valence-electron chi connectivity index (χ0n) is 19.8. The van der Waals surface area contributed by atoms with E-state index >= 15 is 0 Å². The monoisotopic (exact) mass is 472 g/mol. The Labute approximate surface area is 201 Å². The number of aromatic nitrogens is 1. The molecule has 0 saturated carbocycles. The third kappa shape index (κ3) is 6.35. The highest BCUT2D eigenvalue weighted by Crippen LogP contribution is 2.14. The van der Waals surface area contributed by atoms with Gasteiger partial charge in [0.25, 0.3) is 0 Å². The van der Waals surface area contributed by atoms with E-state index in [1.165, 1.54) is 5.69 Å². The molecule has 0 spiro atoms. The molecular weight excluding hydrogens is 436 g/mol. The van der Waals surface area contributed by atoms with E-state index in [1.54, 1.807) is 9.80 Å². The molecule has 0 bridgehead atoms. The summed E-state index contributed by atoms with van der Waals surface area (Å²) in [6.45, 7) is 10.0.